The molecule has 2 aromatic rings. The van der Waals surface area contributed by atoms with Gasteiger partial charge in [-0.15, -0.1) is 0 Å². The van der Waals surface area contributed by atoms with E-state index in [0.29, 0.717) is 0 Å². The number of carboxylic acid groups (broad SMARTS) is 2. The number of benzene rings is 2. The molecule has 4 N–H and O–H groups in total. The average molecular weight is 285 g/mol. The first-order valence-corrected chi connectivity index (χ1v) is 6.38. The van der Waals surface area contributed by atoms with E-state index in [2.05, 4.69) is 0 Å². The Bertz CT molecular complexity index is 664. The second-order valence-electron chi connectivity index (χ2n) is 4.73. The Morgan fingerprint density at radius 2 is 1.67 bits per heavy atom. The molecule has 5 nitrogen and oxygen atoms in total. The molecule has 0 saturated carbocycles. The number of aliphatic carboxylic acids is 1. The molecule has 0 amide bonds. The normalized spacial score (nSPS) is 11.9. The van der Waals surface area contributed by atoms with Crippen molar-refractivity contribution in [2.75, 3.05) is 0 Å². The van der Waals surface area contributed by atoms with E-state index in [4.69, 9.17) is 15.9 Å². The Labute approximate surface area is 121 Å². The third kappa shape index (κ3) is 3.67. The first-order chi connectivity index (χ1) is 9.97. The third-order valence-corrected chi connectivity index (χ3v) is 3.16. The highest BCUT2D eigenvalue weighted by molar-refractivity contribution is 5.88. The summed E-state index contributed by atoms with van der Waals surface area (Å²) >= 11 is 0. The number of hydrogen-bond donors (Lipinski definition) is 3. The molecule has 2 rings (SSSR count). The van der Waals surface area contributed by atoms with Crippen LogP contribution in [-0.4, -0.2) is 28.2 Å². The molecule has 0 fully saturated rings. The van der Waals surface area contributed by atoms with Crippen molar-refractivity contribution in [3.8, 4) is 11.1 Å². The van der Waals surface area contributed by atoms with Gasteiger partial charge >= 0.3 is 11.9 Å². The minimum atomic E-state index is -1.04. The molecule has 0 aliphatic heterocycles. The number of aromatic carboxylic acids is 1. The quantitative estimate of drug-likeness (QED) is 0.780. The lowest BCUT2D eigenvalue weighted by Crippen LogP contribution is -2.32. The van der Waals surface area contributed by atoms with Crippen molar-refractivity contribution >= 4 is 11.9 Å². The van der Waals surface area contributed by atoms with Gasteiger partial charge in [-0.05, 0) is 35.2 Å². The number of carbonyl (C=O) groups is 2. The molecule has 0 unspecified atom stereocenters. The zero-order chi connectivity index (χ0) is 15.4. The lowest BCUT2D eigenvalue weighted by Gasteiger charge is -2.09. The second-order valence-corrected chi connectivity index (χ2v) is 4.73. The van der Waals surface area contributed by atoms with Crippen LogP contribution in [0.15, 0.2) is 48.5 Å². The van der Waals surface area contributed by atoms with Crippen LogP contribution in [0.5, 0.6) is 0 Å². The van der Waals surface area contributed by atoms with Crippen LogP contribution in [0.25, 0.3) is 11.1 Å². The van der Waals surface area contributed by atoms with Crippen LogP contribution in [0.4, 0.5) is 0 Å². The first-order valence-electron chi connectivity index (χ1n) is 6.38. The van der Waals surface area contributed by atoms with E-state index in [9.17, 15) is 9.59 Å². The predicted molar refractivity (Wildman–Crippen MR) is 78.2 cm³/mol. The van der Waals surface area contributed by atoms with Crippen LogP contribution in [-0.2, 0) is 11.2 Å². The van der Waals surface area contributed by atoms with Crippen molar-refractivity contribution in [2.45, 2.75) is 12.5 Å². The topological polar surface area (TPSA) is 101 Å². The van der Waals surface area contributed by atoms with Crippen LogP contribution < -0.4 is 5.73 Å². The molecule has 0 aliphatic rings. The maximum absolute atomic E-state index is 10.8. The monoisotopic (exact) mass is 285 g/mol. The van der Waals surface area contributed by atoms with Crippen LogP contribution in [0.3, 0.4) is 0 Å². The molecule has 1 atom stereocenters. The van der Waals surface area contributed by atoms with Gasteiger partial charge < -0.3 is 15.9 Å². The summed E-state index contributed by atoms with van der Waals surface area (Å²) in [5.74, 6) is -2.01. The largest absolute Gasteiger partial charge is 0.480 e. The highest BCUT2D eigenvalue weighted by atomic mass is 16.4. The highest BCUT2D eigenvalue weighted by Gasteiger charge is 2.12. The van der Waals surface area contributed by atoms with Crippen molar-refractivity contribution in [3.05, 3.63) is 59.7 Å². The summed E-state index contributed by atoms with van der Waals surface area (Å²) in [6, 6.07) is 13.0. The highest BCUT2D eigenvalue weighted by Crippen LogP contribution is 2.21. The van der Waals surface area contributed by atoms with E-state index in [-0.39, 0.29) is 12.0 Å². The van der Waals surface area contributed by atoms with Gasteiger partial charge in [0, 0.05) is 0 Å². The Kier molecular flexibility index (Phi) is 4.35. The van der Waals surface area contributed by atoms with Gasteiger partial charge in [0.2, 0.25) is 0 Å². The standard InChI is InChI=1S/C16H15NO4/c17-14(16(20)21)9-10-2-1-3-13(8-10)11-4-6-12(7-5-11)15(18)19/h1-8,14H,9,17H2,(H,18,19)(H,20,21)/t14-/m0/s1. The lowest BCUT2D eigenvalue weighted by atomic mass is 9.99. The number of carboxylic acids is 2. The van der Waals surface area contributed by atoms with E-state index >= 15 is 0 Å². The first kappa shape index (κ1) is 14.7. The fraction of sp³-hybridized carbons (Fsp3) is 0.125. The molecule has 0 saturated heterocycles. The predicted octanol–water partition coefficient (Wildman–Crippen LogP) is 2.01. The fourth-order valence-electron chi connectivity index (χ4n) is 2.02. The maximum atomic E-state index is 10.8. The Hall–Kier alpha value is -2.66. The molecule has 0 radical (unpaired) electrons. The maximum Gasteiger partial charge on any atom is 0.335 e. The van der Waals surface area contributed by atoms with Gasteiger partial charge in [0.25, 0.3) is 0 Å². The van der Waals surface area contributed by atoms with Crippen molar-refractivity contribution in [1.82, 2.24) is 0 Å². The van der Waals surface area contributed by atoms with Gasteiger partial charge in [0.15, 0.2) is 0 Å². The van der Waals surface area contributed by atoms with E-state index in [1.807, 2.05) is 24.3 Å². The third-order valence-electron chi connectivity index (χ3n) is 3.16. The summed E-state index contributed by atoms with van der Waals surface area (Å²) in [4.78, 5) is 21.6. The smallest absolute Gasteiger partial charge is 0.335 e. The minimum absolute atomic E-state index is 0.225. The summed E-state index contributed by atoms with van der Waals surface area (Å²) in [6.45, 7) is 0. The van der Waals surface area contributed by atoms with Gasteiger partial charge in [-0.25, -0.2) is 4.79 Å². The molecule has 5 heteroatoms. The van der Waals surface area contributed by atoms with Gasteiger partial charge in [-0.2, -0.15) is 0 Å². The number of nitrogens with two attached hydrogens (primary N) is 1. The summed E-state index contributed by atoms with van der Waals surface area (Å²) in [5, 5.41) is 17.7. The molecule has 0 bridgehead atoms. The summed E-state index contributed by atoms with van der Waals surface area (Å²) in [7, 11) is 0. The molecular weight excluding hydrogens is 270 g/mol. The van der Waals surface area contributed by atoms with Crippen LogP contribution in [0.1, 0.15) is 15.9 Å². The van der Waals surface area contributed by atoms with Gasteiger partial charge in [0.1, 0.15) is 6.04 Å². The van der Waals surface area contributed by atoms with Crippen molar-refractivity contribution in [2.24, 2.45) is 5.73 Å². The molecule has 0 spiro atoms. The molecule has 0 aromatic heterocycles. The second kappa shape index (κ2) is 6.19. The Morgan fingerprint density at radius 3 is 2.24 bits per heavy atom. The van der Waals surface area contributed by atoms with Gasteiger partial charge in [-0.3, -0.25) is 4.79 Å². The summed E-state index contributed by atoms with van der Waals surface area (Å²) in [6.07, 6.45) is 0.246. The molecule has 0 heterocycles. The zero-order valence-corrected chi connectivity index (χ0v) is 11.2. The number of hydrogen-bond acceptors (Lipinski definition) is 3. The van der Waals surface area contributed by atoms with E-state index in [1.54, 1.807) is 12.1 Å². The fourth-order valence-corrected chi connectivity index (χ4v) is 2.02. The Morgan fingerprint density at radius 1 is 1.00 bits per heavy atom. The summed E-state index contributed by atoms with van der Waals surface area (Å²) in [5.41, 5.74) is 8.33. The van der Waals surface area contributed by atoms with Gasteiger partial charge in [-0.1, -0.05) is 36.4 Å². The SMILES string of the molecule is N[C@@H](Cc1cccc(-c2ccc(C(=O)O)cc2)c1)C(=O)O. The number of rotatable bonds is 5. The van der Waals surface area contributed by atoms with Crippen LogP contribution in [0.2, 0.25) is 0 Å². The van der Waals surface area contributed by atoms with Crippen LogP contribution >= 0.6 is 0 Å². The van der Waals surface area contributed by atoms with E-state index in [0.717, 1.165) is 16.7 Å². The molecule has 2 aromatic carbocycles. The van der Waals surface area contributed by atoms with E-state index < -0.39 is 18.0 Å². The Balaban J connectivity index is 2.24. The average Bonchev–Trinajstić information content (AvgIpc) is 2.47. The zero-order valence-electron chi connectivity index (χ0n) is 11.2. The van der Waals surface area contributed by atoms with Gasteiger partial charge in [0.05, 0.1) is 5.56 Å². The van der Waals surface area contributed by atoms with Crippen LogP contribution in [0, 0.1) is 0 Å². The minimum Gasteiger partial charge on any atom is -0.480 e. The summed E-state index contributed by atoms with van der Waals surface area (Å²) < 4.78 is 0. The van der Waals surface area contributed by atoms with E-state index in [1.165, 1.54) is 12.1 Å². The van der Waals surface area contributed by atoms with Crippen molar-refractivity contribution in [3.63, 3.8) is 0 Å². The molecular formula is C16H15NO4. The lowest BCUT2D eigenvalue weighted by molar-refractivity contribution is -0.138. The molecule has 0 aliphatic carbocycles. The van der Waals surface area contributed by atoms with Crippen molar-refractivity contribution in [1.29, 1.82) is 0 Å². The molecule has 21 heavy (non-hydrogen) atoms. The molecule has 108 valence electrons. The van der Waals surface area contributed by atoms with Crippen molar-refractivity contribution < 1.29 is 19.8 Å².